The van der Waals surface area contributed by atoms with Gasteiger partial charge in [-0.2, -0.15) is 0 Å². The van der Waals surface area contributed by atoms with E-state index in [-0.39, 0.29) is 11.4 Å². The first kappa shape index (κ1) is 23.4. The number of halogens is 1. The highest BCUT2D eigenvalue weighted by Crippen LogP contribution is 2.24. The number of hydrogen-bond donors (Lipinski definition) is 1. The van der Waals surface area contributed by atoms with E-state index in [1.165, 1.54) is 16.9 Å². The second-order valence-electron chi connectivity index (χ2n) is 7.67. The molecule has 1 amide bonds. The summed E-state index contributed by atoms with van der Waals surface area (Å²) in [4.78, 5) is 19.6. The van der Waals surface area contributed by atoms with Crippen LogP contribution in [0.4, 0.5) is 5.13 Å². The number of aryl methyl sites for hydroxylation is 1. The van der Waals surface area contributed by atoms with Crippen molar-refractivity contribution in [1.82, 2.24) is 14.5 Å². The molecule has 172 valence electrons. The minimum Gasteiger partial charge on any atom is -0.412 e. The van der Waals surface area contributed by atoms with Crippen LogP contribution in [0.5, 0.6) is 0 Å². The third-order valence-electron chi connectivity index (χ3n) is 5.67. The zero-order valence-corrected chi connectivity index (χ0v) is 20.1. The van der Waals surface area contributed by atoms with Crippen LogP contribution in [-0.2, 0) is 35.3 Å². The number of thiazole rings is 1. The van der Waals surface area contributed by atoms with E-state index in [2.05, 4.69) is 14.3 Å². The Balaban J connectivity index is 0.00000259. The Bertz CT molecular complexity index is 1310. The van der Waals surface area contributed by atoms with Crippen molar-refractivity contribution in [2.45, 2.75) is 30.8 Å². The molecule has 0 saturated carbocycles. The molecule has 0 saturated heterocycles. The van der Waals surface area contributed by atoms with Crippen LogP contribution in [0.2, 0.25) is 5.02 Å². The number of rotatable bonds is 6. The van der Waals surface area contributed by atoms with E-state index in [4.69, 9.17) is 11.6 Å². The van der Waals surface area contributed by atoms with Crippen LogP contribution in [-0.4, -0.2) is 36.6 Å². The quantitative estimate of drug-likeness (QED) is 0.430. The van der Waals surface area contributed by atoms with Crippen LogP contribution >= 0.6 is 22.9 Å². The van der Waals surface area contributed by atoms with Gasteiger partial charge in [0.05, 0.1) is 4.90 Å². The molecule has 0 radical (unpaired) electrons. The average molecular weight is 503 g/mol. The molecule has 10 heteroatoms. The molecule has 1 unspecified atom stereocenters. The van der Waals surface area contributed by atoms with Crippen molar-refractivity contribution in [2.75, 3.05) is 11.3 Å². The second kappa shape index (κ2) is 10.0. The van der Waals surface area contributed by atoms with Crippen LogP contribution in [0, 0.1) is 0 Å². The molecule has 33 heavy (non-hydrogen) atoms. The van der Waals surface area contributed by atoms with Crippen LogP contribution in [0.1, 0.15) is 17.5 Å². The summed E-state index contributed by atoms with van der Waals surface area (Å²) in [7, 11) is -1.39. The number of carbonyl (C=O) groups excluding carboxylic acids is 1. The molecule has 0 bridgehead atoms. The van der Waals surface area contributed by atoms with Crippen molar-refractivity contribution in [3.8, 4) is 0 Å². The van der Waals surface area contributed by atoms with Gasteiger partial charge < -0.3 is 14.9 Å². The van der Waals surface area contributed by atoms with Crippen molar-refractivity contribution in [3.05, 3.63) is 76.4 Å². The average Bonchev–Trinajstić information content (AvgIpc) is 3.46. The van der Waals surface area contributed by atoms with Crippen LogP contribution in [0.15, 0.2) is 65.1 Å². The fourth-order valence-electron chi connectivity index (χ4n) is 4.01. The van der Waals surface area contributed by atoms with Crippen molar-refractivity contribution in [1.29, 1.82) is 0 Å². The first-order valence-electron chi connectivity index (χ1n) is 10.3. The SMILES string of the molecule is O.O=C(CCn1ccc2cc(Cl)ccc21)N1CCc2ccc(S(=O)Nc3nccs3)cc2C1. The Morgan fingerprint density at radius 3 is 2.88 bits per heavy atom. The van der Waals surface area contributed by atoms with E-state index in [0.29, 0.717) is 41.1 Å². The first-order chi connectivity index (χ1) is 15.6. The number of fused-ring (bicyclic) bond motifs is 2. The molecule has 1 atom stereocenters. The van der Waals surface area contributed by atoms with Crippen molar-refractivity contribution in [2.24, 2.45) is 0 Å². The molecule has 1 aliphatic rings. The van der Waals surface area contributed by atoms with Gasteiger partial charge in [-0.1, -0.05) is 17.7 Å². The maximum Gasteiger partial charge on any atom is 0.224 e. The Morgan fingerprint density at radius 2 is 2.06 bits per heavy atom. The van der Waals surface area contributed by atoms with Gasteiger partial charge in [0.1, 0.15) is 0 Å². The number of hydrogen-bond acceptors (Lipinski definition) is 4. The normalized spacial score (nSPS) is 13.9. The van der Waals surface area contributed by atoms with E-state index < -0.39 is 11.0 Å². The lowest BCUT2D eigenvalue weighted by molar-refractivity contribution is -0.132. The van der Waals surface area contributed by atoms with E-state index in [0.717, 1.165) is 22.9 Å². The molecule has 5 rings (SSSR count). The minimum atomic E-state index is -1.39. The fraction of sp³-hybridized carbons (Fsp3) is 0.217. The molecule has 0 spiro atoms. The standard InChI is InChI=1S/C23H21ClN4O2S2.H2O/c24-19-2-4-21-17(13-19)6-9-27(21)11-7-22(29)28-10-5-16-1-3-20(14-18(16)15-28)32(30)26-23-25-8-12-31-23;/h1-4,6,8-9,12-14H,5,7,10-11,15H2,(H,25,26);1H2. The Morgan fingerprint density at radius 1 is 1.18 bits per heavy atom. The number of nitrogens with one attached hydrogen (secondary N) is 1. The van der Waals surface area contributed by atoms with Crippen LogP contribution < -0.4 is 4.72 Å². The number of nitrogens with zero attached hydrogens (tertiary/aromatic N) is 3. The summed E-state index contributed by atoms with van der Waals surface area (Å²) in [6.45, 7) is 1.86. The molecule has 4 aromatic rings. The lowest BCUT2D eigenvalue weighted by Gasteiger charge is -2.29. The largest absolute Gasteiger partial charge is 0.412 e. The zero-order valence-electron chi connectivity index (χ0n) is 17.7. The van der Waals surface area contributed by atoms with Crippen LogP contribution in [0.25, 0.3) is 10.9 Å². The van der Waals surface area contributed by atoms with E-state index in [1.807, 2.05) is 58.9 Å². The summed E-state index contributed by atoms with van der Waals surface area (Å²) in [6, 6.07) is 13.7. The molecule has 7 nitrogen and oxygen atoms in total. The summed E-state index contributed by atoms with van der Waals surface area (Å²) < 4.78 is 17.7. The van der Waals surface area contributed by atoms with Crippen molar-refractivity contribution in [3.63, 3.8) is 0 Å². The van der Waals surface area contributed by atoms with Gasteiger partial charge in [0.2, 0.25) is 5.91 Å². The van der Waals surface area contributed by atoms with Gasteiger partial charge in [0.25, 0.3) is 0 Å². The lowest BCUT2D eigenvalue weighted by atomic mass is 9.99. The molecule has 1 aliphatic heterocycles. The maximum absolute atomic E-state index is 12.9. The number of benzene rings is 2. The summed E-state index contributed by atoms with van der Waals surface area (Å²) in [5.74, 6) is 0.124. The topological polar surface area (TPSA) is 98.7 Å². The number of amides is 1. The van der Waals surface area contributed by atoms with Gasteiger partial charge in [0, 0.05) is 59.8 Å². The van der Waals surface area contributed by atoms with Gasteiger partial charge in [-0.25, -0.2) is 9.19 Å². The summed E-state index contributed by atoms with van der Waals surface area (Å²) in [6.07, 6.45) is 4.90. The zero-order chi connectivity index (χ0) is 22.1. The number of anilines is 1. The Kier molecular flexibility index (Phi) is 7.14. The highest BCUT2D eigenvalue weighted by Gasteiger charge is 2.22. The van der Waals surface area contributed by atoms with Crippen LogP contribution in [0.3, 0.4) is 0 Å². The molecule has 3 heterocycles. The Hall–Kier alpha value is -2.72. The van der Waals surface area contributed by atoms with Gasteiger partial charge >= 0.3 is 0 Å². The summed E-state index contributed by atoms with van der Waals surface area (Å²) in [5.41, 5.74) is 3.33. The monoisotopic (exact) mass is 502 g/mol. The van der Waals surface area contributed by atoms with E-state index in [9.17, 15) is 9.00 Å². The molecular formula is C23H23ClN4O3S2. The van der Waals surface area contributed by atoms with Gasteiger partial charge in [-0.3, -0.25) is 9.52 Å². The highest BCUT2D eigenvalue weighted by molar-refractivity contribution is 7.86. The third kappa shape index (κ3) is 5.11. The smallest absolute Gasteiger partial charge is 0.224 e. The third-order valence-corrected chi connectivity index (χ3v) is 7.78. The first-order valence-corrected chi connectivity index (χ1v) is 12.7. The Labute approximate surface area is 202 Å². The molecular weight excluding hydrogens is 480 g/mol. The minimum absolute atomic E-state index is 0. The predicted molar refractivity (Wildman–Crippen MR) is 133 cm³/mol. The fourth-order valence-corrected chi connectivity index (χ4v) is 5.76. The predicted octanol–water partition coefficient (Wildman–Crippen LogP) is 4.04. The van der Waals surface area contributed by atoms with Gasteiger partial charge in [0.15, 0.2) is 16.1 Å². The second-order valence-corrected chi connectivity index (χ2v) is 10.2. The molecule has 2 aromatic carbocycles. The highest BCUT2D eigenvalue weighted by atomic mass is 35.5. The van der Waals surface area contributed by atoms with Gasteiger partial charge in [-0.05, 0) is 53.9 Å². The molecule has 3 N–H and O–H groups in total. The summed E-state index contributed by atoms with van der Waals surface area (Å²) in [5, 5.41) is 4.24. The van der Waals surface area contributed by atoms with Crippen molar-refractivity contribution < 1.29 is 14.5 Å². The van der Waals surface area contributed by atoms with E-state index >= 15 is 0 Å². The molecule has 0 aliphatic carbocycles. The lowest BCUT2D eigenvalue weighted by Crippen LogP contribution is -2.36. The molecule has 2 aromatic heterocycles. The van der Waals surface area contributed by atoms with E-state index in [1.54, 1.807) is 6.20 Å². The maximum atomic E-state index is 12.9. The number of carbonyl (C=O) groups is 1. The summed E-state index contributed by atoms with van der Waals surface area (Å²) >= 11 is 7.48. The van der Waals surface area contributed by atoms with Gasteiger partial charge in [-0.15, -0.1) is 11.3 Å². The number of aromatic nitrogens is 2. The molecule has 0 fully saturated rings. The van der Waals surface area contributed by atoms with Crippen molar-refractivity contribution >= 4 is 55.9 Å².